The number of isocyanates is 1. The Balaban J connectivity index is 2.60. The van der Waals surface area contributed by atoms with Crippen LogP contribution in [0.25, 0.3) is 0 Å². The molecule has 0 spiro atoms. The zero-order chi connectivity index (χ0) is 7.40. The summed E-state index contributed by atoms with van der Waals surface area (Å²) in [6.07, 6.45) is 8.32. The van der Waals surface area contributed by atoms with Crippen LogP contribution in [0.2, 0.25) is 0 Å². The van der Waals surface area contributed by atoms with Gasteiger partial charge in [0.15, 0.2) is 0 Å². The molecule has 2 nitrogen and oxygen atoms in total. The lowest BCUT2D eigenvalue weighted by atomic mass is 10.1. The van der Waals surface area contributed by atoms with Gasteiger partial charge in [0.1, 0.15) is 0 Å². The van der Waals surface area contributed by atoms with Crippen LogP contribution in [0, 0.1) is 0 Å². The van der Waals surface area contributed by atoms with Crippen molar-refractivity contribution in [2.24, 2.45) is 4.99 Å². The lowest BCUT2D eigenvalue weighted by Crippen LogP contribution is -2.01. The van der Waals surface area contributed by atoms with Crippen molar-refractivity contribution in [2.75, 3.05) is 0 Å². The van der Waals surface area contributed by atoms with Gasteiger partial charge < -0.3 is 0 Å². The zero-order valence-corrected chi connectivity index (χ0v) is 5.87. The van der Waals surface area contributed by atoms with Crippen molar-refractivity contribution in [3.8, 4) is 0 Å². The molecule has 1 rings (SSSR count). The van der Waals surface area contributed by atoms with E-state index in [-0.39, 0.29) is 6.04 Å². The van der Waals surface area contributed by atoms with Crippen LogP contribution in [0.4, 0.5) is 0 Å². The first-order valence-corrected chi connectivity index (χ1v) is 3.25. The Morgan fingerprint density at radius 1 is 1.80 bits per heavy atom. The predicted octanol–water partition coefficient (Wildman–Crippen LogP) is 1.60. The molecule has 0 heterocycles. The number of hydrogen-bond acceptors (Lipinski definition) is 2. The van der Waals surface area contributed by atoms with Crippen LogP contribution in [0.5, 0.6) is 0 Å². The average molecular weight is 135 g/mol. The van der Waals surface area contributed by atoms with E-state index >= 15 is 0 Å². The number of aliphatic imine (C=N–C) groups is 1. The fourth-order valence-electron chi connectivity index (χ4n) is 0.880. The quantitative estimate of drug-likeness (QED) is 0.396. The Labute approximate surface area is 60.0 Å². The molecule has 0 aliphatic heterocycles. The monoisotopic (exact) mass is 135 g/mol. The first kappa shape index (κ1) is 6.97. The summed E-state index contributed by atoms with van der Waals surface area (Å²) in [5, 5.41) is 0. The van der Waals surface area contributed by atoms with E-state index < -0.39 is 0 Å². The molecule has 0 N–H and O–H groups in total. The van der Waals surface area contributed by atoms with Crippen LogP contribution in [-0.2, 0) is 4.79 Å². The fraction of sp³-hybridized carbons (Fsp3) is 0.375. The second-order valence-corrected chi connectivity index (χ2v) is 2.33. The summed E-state index contributed by atoms with van der Waals surface area (Å²) < 4.78 is 0. The Bertz CT molecular complexity index is 221. The highest BCUT2D eigenvalue weighted by molar-refractivity contribution is 5.36. The normalized spacial score (nSPS) is 23.3. The van der Waals surface area contributed by atoms with E-state index in [1.165, 1.54) is 5.57 Å². The van der Waals surface area contributed by atoms with Crippen molar-refractivity contribution in [3.05, 3.63) is 23.8 Å². The Morgan fingerprint density at radius 3 is 3.10 bits per heavy atom. The molecule has 0 radical (unpaired) electrons. The van der Waals surface area contributed by atoms with Gasteiger partial charge in [-0.2, -0.15) is 4.99 Å². The Kier molecular flexibility index (Phi) is 2.19. The van der Waals surface area contributed by atoms with E-state index in [1.807, 2.05) is 19.1 Å². The summed E-state index contributed by atoms with van der Waals surface area (Å²) in [5.41, 5.74) is 1.23. The molecule has 1 aliphatic rings. The minimum atomic E-state index is 0.0289. The summed E-state index contributed by atoms with van der Waals surface area (Å²) in [6.45, 7) is 2.03. The number of allylic oxidation sites excluding steroid dienone is 2. The van der Waals surface area contributed by atoms with Gasteiger partial charge in [0.05, 0.1) is 6.04 Å². The van der Waals surface area contributed by atoms with E-state index in [2.05, 4.69) is 11.1 Å². The van der Waals surface area contributed by atoms with Crippen LogP contribution in [0.15, 0.2) is 28.8 Å². The van der Waals surface area contributed by atoms with Crippen LogP contribution >= 0.6 is 0 Å². The second-order valence-electron chi connectivity index (χ2n) is 2.33. The molecule has 52 valence electrons. The van der Waals surface area contributed by atoms with E-state index in [0.717, 1.165) is 6.42 Å². The van der Waals surface area contributed by atoms with Crippen molar-refractivity contribution in [2.45, 2.75) is 19.4 Å². The van der Waals surface area contributed by atoms with Crippen molar-refractivity contribution in [1.29, 1.82) is 0 Å². The van der Waals surface area contributed by atoms with Crippen LogP contribution in [-0.4, -0.2) is 12.1 Å². The maximum absolute atomic E-state index is 9.81. The van der Waals surface area contributed by atoms with Crippen LogP contribution in [0.3, 0.4) is 0 Å². The molecule has 0 amide bonds. The first-order chi connectivity index (χ1) is 4.83. The van der Waals surface area contributed by atoms with Gasteiger partial charge in [-0.05, 0) is 13.3 Å². The van der Waals surface area contributed by atoms with Crippen molar-refractivity contribution in [1.82, 2.24) is 0 Å². The molecule has 0 aromatic heterocycles. The first-order valence-electron chi connectivity index (χ1n) is 3.25. The fourth-order valence-corrected chi connectivity index (χ4v) is 0.880. The maximum Gasteiger partial charge on any atom is 0.235 e. The van der Waals surface area contributed by atoms with Gasteiger partial charge in [-0.15, -0.1) is 0 Å². The van der Waals surface area contributed by atoms with Gasteiger partial charge in [0.25, 0.3) is 0 Å². The molecule has 1 atom stereocenters. The SMILES string of the molecule is CC1=CCC(N=C=O)C=C1. The molecule has 2 heteroatoms. The molecule has 1 unspecified atom stereocenters. The van der Waals surface area contributed by atoms with Gasteiger partial charge >= 0.3 is 0 Å². The summed E-state index contributed by atoms with van der Waals surface area (Å²) in [4.78, 5) is 13.4. The molecule has 0 bridgehead atoms. The summed E-state index contributed by atoms with van der Waals surface area (Å²) >= 11 is 0. The minimum absolute atomic E-state index is 0.0289. The lowest BCUT2D eigenvalue weighted by molar-refractivity contribution is 0.560. The highest BCUT2D eigenvalue weighted by Gasteiger charge is 2.02. The standard InChI is InChI=1S/C8H9NO/c1-7-2-4-8(5-3-7)9-6-10/h2-4,8H,5H2,1H3. The summed E-state index contributed by atoms with van der Waals surface area (Å²) in [5.74, 6) is 0. The number of rotatable bonds is 1. The number of hydrogen-bond donors (Lipinski definition) is 0. The van der Waals surface area contributed by atoms with Crippen molar-refractivity contribution >= 4 is 6.08 Å². The second kappa shape index (κ2) is 3.14. The number of carbonyl (C=O) groups excluding carboxylic acids is 1. The average Bonchev–Trinajstić information content (AvgIpc) is 1.95. The summed E-state index contributed by atoms with van der Waals surface area (Å²) in [6, 6.07) is 0.0289. The zero-order valence-electron chi connectivity index (χ0n) is 5.87. The van der Waals surface area contributed by atoms with Gasteiger partial charge in [-0.25, -0.2) is 4.79 Å². The molecule has 10 heavy (non-hydrogen) atoms. The van der Waals surface area contributed by atoms with Crippen molar-refractivity contribution in [3.63, 3.8) is 0 Å². The highest BCUT2D eigenvalue weighted by Crippen LogP contribution is 2.11. The predicted molar refractivity (Wildman–Crippen MR) is 39.4 cm³/mol. The van der Waals surface area contributed by atoms with Crippen molar-refractivity contribution < 1.29 is 4.79 Å². The van der Waals surface area contributed by atoms with Crippen LogP contribution < -0.4 is 0 Å². The Morgan fingerprint density at radius 2 is 2.60 bits per heavy atom. The molecular weight excluding hydrogens is 126 g/mol. The molecule has 0 fully saturated rings. The lowest BCUT2D eigenvalue weighted by Gasteiger charge is -2.06. The van der Waals surface area contributed by atoms with Gasteiger partial charge in [0, 0.05) is 0 Å². The smallest absolute Gasteiger partial charge is 0.211 e. The van der Waals surface area contributed by atoms with E-state index in [0.29, 0.717) is 0 Å². The molecule has 1 aliphatic carbocycles. The van der Waals surface area contributed by atoms with E-state index in [9.17, 15) is 4.79 Å². The van der Waals surface area contributed by atoms with Gasteiger partial charge in [-0.1, -0.05) is 23.8 Å². The molecule has 0 aromatic carbocycles. The van der Waals surface area contributed by atoms with Gasteiger partial charge in [-0.3, -0.25) is 0 Å². The molecule has 0 aromatic rings. The molecular formula is C8H9NO. The third-order valence-electron chi connectivity index (χ3n) is 1.48. The highest BCUT2D eigenvalue weighted by atomic mass is 16.1. The maximum atomic E-state index is 9.81. The Hall–Kier alpha value is -1.14. The third kappa shape index (κ3) is 1.67. The van der Waals surface area contributed by atoms with Crippen LogP contribution in [0.1, 0.15) is 13.3 Å². The van der Waals surface area contributed by atoms with E-state index in [1.54, 1.807) is 6.08 Å². The largest absolute Gasteiger partial charge is 0.235 e. The molecule has 0 saturated carbocycles. The topological polar surface area (TPSA) is 29.4 Å². The molecule has 0 saturated heterocycles. The van der Waals surface area contributed by atoms with Gasteiger partial charge in [0.2, 0.25) is 6.08 Å². The number of nitrogens with zero attached hydrogens (tertiary/aromatic N) is 1. The minimum Gasteiger partial charge on any atom is -0.211 e. The van der Waals surface area contributed by atoms with E-state index in [4.69, 9.17) is 0 Å². The summed E-state index contributed by atoms with van der Waals surface area (Å²) in [7, 11) is 0. The third-order valence-corrected chi connectivity index (χ3v) is 1.48.